The van der Waals surface area contributed by atoms with Crippen LogP contribution in [0.3, 0.4) is 0 Å². The Bertz CT molecular complexity index is 576. The van der Waals surface area contributed by atoms with Gasteiger partial charge in [-0.2, -0.15) is 5.10 Å². The van der Waals surface area contributed by atoms with E-state index in [0.29, 0.717) is 6.54 Å². The molecule has 0 aliphatic heterocycles. The van der Waals surface area contributed by atoms with E-state index in [1.54, 1.807) is 0 Å². The van der Waals surface area contributed by atoms with Gasteiger partial charge in [0.2, 0.25) is 0 Å². The predicted molar refractivity (Wildman–Crippen MR) is 70.8 cm³/mol. The molecule has 1 aromatic carbocycles. The third-order valence-corrected chi connectivity index (χ3v) is 2.75. The van der Waals surface area contributed by atoms with Crippen LogP contribution in [0.15, 0.2) is 35.4 Å². The Morgan fingerprint density at radius 2 is 2.00 bits per heavy atom. The highest BCUT2D eigenvalue weighted by molar-refractivity contribution is 5.36. The van der Waals surface area contributed by atoms with Gasteiger partial charge in [0.25, 0.3) is 0 Å². The quantitative estimate of drug-likeness (QED) is 0.460. The second-order valence-electron chi connectivity index (χ2n) is 4.21. The lowest BCUT2D eigenvalue weighted by atomic mass is 10.1. The van der Waals surface area contributed by atoms with E-state index in [0.717, 1.165) is 29.1 Å². The van der Waals surface area contributed by atoms with Crippen LogP contribution >= 0.6 is 0 Å². The zero-order valence-corrected chi connectivity index (χ0v) is 10.5. The molecule has 0 atom stereocenters. The van der Waals surface area contributed by atoms with Gasteiger partial charge in [-0.25, -0.2) is 4.68 Å². The fourth-order valence-corrected chi connectivity index (χ4v) is 1.92. The first-order valence-corrected chi connectivity index (χ1v) is 5.84. The van der Waals surface area contributed by atoms with Crippen LogP contribution in [0.4, 0.5) is 0 Å². The minimum Gasteiger partial charge on any atom is -0.238 e. The monoisotopic (exact) mass is 241 g/mol. The molecule has 18 heavy (non-hydrogen) atoms. The van der Waals surface area contributed by atoms with Crippen LogP contribution < -0.4 is 0 Å². The standard InChI is InChI=1S/C13H15N5/c1-10-9-11(2)18(16-10)13-5-3-12(4-6-13)7-8-15-17-14/h3-6,9H,7-8H2,1-2H3. The molecule has 5 heteroatoms. The van der Waals surface area contributed by atoms with Crippen molar-refractivity contribution in [2.45, 2.75) is 20.3 Å². The van der Waals surface area contributed by atoms with E-state index in [9.17, 15) is 0 Å². The van der Waals surface area contributed by atoms with Gasteiger partial charge in [-0.3, -0.25) is 0 Å². The fourth-order valence-electron chi connectivity index (χ4n) is 1.92. The number of aryl methyl sites for hydroxylation is 2. The van der Waals surface area contributed by atoms with Gasteiger partial charge in [-0.15, -0.1) is 0 Å². The van der Waals surface area contributed by atoms with E-state index < -0.39 is 0 Å². The zero-order valence-electron chi connectivity index (χ0n) is 10.5. The molecule has 0 saturated carbocycles. The molecule has 2 rings (SSSR count). The third kappa shape index (κ3) is 2.70. The molecule has 2 aromatic rings. The summed E-state index contributed by atoms with van der Waals surface area (Å²) in [6.45, 7) is 4.52. The molecule has 1 aromatic heterocycles. The summed E-state index contributed by atoms with van der Waals surface area (Å²) in [5, 5.41) is 7.96. The van der Waals surface area contributed by atoms with Gasteiger partial charge in [-0.1, -0.05) is 17.2 Å². The molecule has 0 aliphatic rings. The summed E-state index contributed by atoms with van der Waals surface area (Å²) in [6, 6.07) is 10.2. The van der Waals surface area contributed by atoms with Gasteiger partial charge in [0.1, 0.15) is 0 Å². The highest BCUT2D eigenvalue weighted by atomic mass is 15.3. The number of hydrogen-bond donors (Lipinski definition) is 0. The smallest absolute Gasteiger partial charge is 0.0648 e. The molecule has 0 unspecified atom stereocenters. The minimum absolute atomic E-state index is 0.496. The van der Waals surface area contributed by atoms with E-state index >= 15 is 0 Å². The predicted octanol–water partition coefficient (Wildman–Crippen LogP) is 3.34. The van der Waals surface area contributed by atoms with Gasteiger partial charge in [0, 0.05) is 17.2 Å². The normalized spacial score (nSPS) is 10.1. The van der Waals surface area contributed by atoms with Crippen LogP contribution in [-0.4, -0.2) is 16.3 Å². The summed E-state index contributed by atoms with van der Waals surface area (Å²) in [7, 11) is 0. The van der Waals surface area contributed by atoms with Crippen molar-refractivity contribution < 1.29 is 0 Å². The Morgan fingerprint density at radius 1 is 1.28 bits per heavy atom. The molecular formula is C13H15N5. The second kappa shape index (κ2) is 5.38. The van der Waals surface area contributed by atoms with Crippen molar-refractivity contribution in [3.8, 4) is 5.69 Å². The molecule has 0 N–H and O–H groups in total. The Kier molecular flexibility index (Phi) is 3.65. The molecule has 5 nitrogen and oxygen atoms in total. The zero-order chi connectivity index (χ0) is 13.0. The van der Waals surface area contributed by atoms with Crippen LogP contribution in [0.25, 0.3) is 16.1 Å². The molecule has 0 aliphatic carbocycles. The van der Waals surface area contributed by atoms with Crippen molar-refractivity contribution in [2.24, 2.45) is 5.11 Å². The van der Waals surface area contributed by atoms with Crippen molar-refractivity contribution >= 4 is 0 Å². The maximum absolute atomic E-state index is 8.22. The second-order valence-corrected chi connectivity index (χ2v) is 4.21. The van der Waals surface area contributed by atoms with Gasteiger partial charge < -0.3 is 0 Å². The van der Waals surface area contributed by atoms with E-state index in [1.807, 2.05) is 42.8 Å². The van der Waals surface area contributed by atoms with Gasteiger partial charge in [0.15, 0.2) is 0 Å². The Hall–Kier alpha value is -2.26. The van der Waals surface area contributed by atoms with Crippen LogP contribution in [0.5, 0.6) is 0 Å². The minimum atomic E-state index is 0.496. The first-order chi connectivity index (χ1) is 8.70. The summed E-state index contributed by atoms with van der Waals surface area (Å²) >= 11 is 0. The van der Waals surface area contributed by atoms with Crippen LogP contribution in [0.1, 0.15) is 17.0 Å². The molecule has 0 bridgehead atoms. The topological polar surface area (TPSA) is 66.6 Å². The maximum atomic E-state index is 8.22. The molecular weight excluding hydrogens is 226 g/mol. The van der Waals surface area contributed by atoms with Crippen molar-refractivity contribution in [1.29, 1.82) is 0 Å². The van der Waals surface area contributed by atoms with E-state index in [-0.39, 0.29) is 0 Å². The third-order valence-electron chi connectivity index (χ3n) is 2.75. The Balaban J connectivity index is 2.17. The molecule has 1 heterocycles. The summed E-state index contributed by atoms with van der Waals surface area (Å²) in [4.78, 5) is 2.74. The van der Waals surface area contributed by atoms with Crippen molar-refractivity contribution in [3.63, 3.8) is 0 Å². The maximum Gasteiger partial charge on any atom is 0.0648 e. The van der Waals surface area contributed by atoms with Crippen molar-refractivity contribution in [1.82, 2.24) is 9.78 Å². The van der Waals surface area contributed by atoms with Gasteiger partial charge in [0.05, 0.1) is 11.4 Å². The first kappa shape index (κ1) is 12.2. The van der Waals surface area contributed by atoms with Gasteiger partial charge in [-0.05, 0) is 49.6 Å². The molecule has 0 fully saturated rings. The lowest BCUT2D eigenvalue weighted by molar-refractivity contribution is 0.832. The van der Waals surface area contributed by atoms with E-state index in [2.05, 4.69) is 21.2 Å². The molecule has 0 spiro atoms. The van der Waals surface area contributed by atoms with Gasteiger partial charge >= 0.3 is 0 Å². The number of hydrogen-bond acceptors (Lipinski definition) is 2. The highest BCUT2D eigenvalue weighted by Crippen LogP contribution is 2.13. The van der Waals surface area contributed by atoms with Crippen LogP contribution in [0.2, 0.25) is 0 Å². The number of aromatic nitrogens is 2. The summed E-state index contributed by atoms with van der Waals surface area (Å²) in [5.41, 5.74) is 12.6. The number of rotatable bonds is 4. The van der Waals surface area contributed by atoms with Crippen molar-refractivity contribution in [3.05, 3.63) is 57.7 Å². The first-order valence-electron chi connectivity index (χ1n) is 5.84. The lowest BCUT2D eigenvalue weighted by Gasteiger charge is -2.05. The Labute approximate surface area is 106 Å². The lowest BCUT2D eigenvalue weighted by Crippen LogP contribution is -1.99. The number of azide groups is 1. The van der Waals surface area contributed by atoms with E-state index in [1.165, 1.54) is 0 Å². The number of benzene rings is 1. The average molecular weight is 241 g/mol. The van der Waals surface area contributed by atoms with Crippen LogP contribution in [-0.2, 0) is 6.42 Å². The van der Waals surface area contributed by atoms with Crippen molar-refractivity contribution in [2.75, 3.05) is 6.54 Å². The largest absolute Gasteiger partial charge is 0.238 e. The summed E-state index contributed by atoms with van der Waals surface area (Å²) in [5.74, 6) is 0. The Morgan fingerprint density at radius 3 is 2.56 bits per heavy atom. The molecule has 0 radical (unpaired) electrons. The molecule has 0 amide bonds. The molecule has 92 valence electrons. The summed E-state index contributed by atoms with van der Waals surface area (Å²) in [6.07, 6.45) is 0.765. The number of nitrogens with zero attached hydrogens (tertiary/aromatic N) is 5. The highest BCUT2D eigenvalue weighted by Gasteiger charge is 2.03. The SMILES string of the molecule is Cc1cc(C)n(-c2ccc(CCN=[N+]=[N-])cc2)n1. The fraction of sp³-hybridized carbons (Fsp3) is 0.308. The molecule has 0 saturated heterocycles. The van der Waals surface area contributed by atoms with E-state index in [4.69, 9.17) is 5.53 Å². The summed E-state index contributed by atoms with van der Waals surface area (Å²) < 4.78 is 1.92. The van der Waals surface area contributed by atoms with Crippen LogP contribution in [0, 0.1) is 13.8 Å². The average Bonchev–Trinajstić information content (AvgIpc) is 2.70.